The Balaban J connectivity index is 1.73. The summed E-state index contributed by atoms with van der Waals surface area (Å²) >= 11 is 0. The first-order valence-corrected chi connectivity index (χ1v) is 7.67. The molecular weight excluding hydrogens is 284 g/mol. The van der Waals surface area contributed by atoms with Crippen molar-refractivity contribution in [1.82, 2.24) is 0 Å². The van der Waals surface area contributed by atoms with Crippen LogP contribution in [0.1, 0.15) is 5.56 Å². The van der Waals surface area contributed by atoms with Crippen LogP contribution in [0.15, 0.2) is 66.7 Å². The lowest BCUT2D eigenvalue weighted by molar-refractivity contribution is -0.115. The predicted octanol–water partition coefficient (Wildman–Crippen LogP) is 4.09. The number of benzene rings is 3. The van der Waals surface area contributed by atoms with Gasteiger partial charge in [0.25, 0.3) is 0 Å². The Kier molecular flexibility index (Phi) is 4.29. The van der Waals surface area contributed by atoms with Crippen molar-refractivity contribution in [2.75, 3.05) is 24.3 Å². The van der Waals surface area contributed by atoms with Crippen molar-refractivity contribution in [2.45, 2.75) is 6.42 Å². The zero-order chi connectivity index (χ0) is 16.2. The number of hydrogen-bond donors (Lipinski definition) is 1. The minimum Gasteiger partial charge on any atom is -0.378 e. The van der Waals surface area contributed by atoms with Crippen LogP contribution in [0, 0.1) is 0 Å². The van der Waals surface area contributed by atoms with E-state index >= 15 is 0 Å². The molecule has 23 heavy (non-hydrogen) atoms. The van der Waals surface area contributed by atoms with Crippen molar-refractivity contribution in [1.29, 1.82) is 0 Å². The average molecular weight is 304 g/mol. The molecule has 116 valence electrons. The zero-order valence-electron chi connectivity index (χ0n) is 13.4. The van der Waals surface area contributed by atoms with Gasteiger partial charge in [-0.25, -0.2) is 0 Å². The topological polar surface area (TPSA) is 32.3 Å². The van der Waals surface area contributed by atoms with Gasteiger partial charge in [-0.05, 0) is 40.6 Å². The quantitative estimate of drug-likeness (QED) is 0.787. The fourth-order valence-corrected chi connectivity index (χ4v) is 2.67. The highest BCUT2D eigenvalue weighted by Crippen LogP contribution is 2.20. The molecule has 1 N–H and O–H groups in total. The molecule has 0 saturated carbocycles. The summed E-state index contributed by atoms with van der Waals surface area (Å²) in [7, 11) is 3.99. The third-order valence-corrected chi connectivity index (χ3v) is 3.90. The molecule has 3 nitrogen and oxygen atoms in total. The van der Waals surface area contributed by atoms with Gasteiger partial charge >= 0.3 is 0 Å². The Hall–Kier alpha value is -2.81. The molecule has 3 rings (SSSR count). The second kappa shape index (κ2) is 6.53. The number of anilines is 2. The smallest absolute Gasteiger partial charge is 0.228 e. The number of hydrogen-bond acceptors (Lipinski definition) is 2. The van der Waals surface area contributed by atoms with E-state index in [9.17, 15) is 4.79 Å². The molecule has 0 bridgehead atoms. The van der Waals surface area contributed by atoms with Gasteiger partial charge in [-0.1, -0.05) is 42.5 Å². The molecule has 3 aromatic carbocycles. The van der Waals surface area contributed by atoms with Crippen LogP contribution in [-0.2, 0) is 11.2 Å². The molecule has 3 aromatic rings. The molecule has 0 aliphatic heterocycles. The lowest BCUT2D eigenvalue weighted by Gasteiger charge is -2.13. The van der Waals surface area contributed by atoms with E-state index in [2.05, 4.69) is 23.5 Å². The summed E-state index contributed by atoms with van der Waals surface area (Å²) in [6.07, 6.45) is 0.372. The van der Waals surface area contributed by atoms with E-state index < -0.39 is 0 Å². The lowest BCUT2D eigenvalue weighted by atomic mass is 10.0. The molecular formula is C20H20N2O. The van der Waals surface area contributed by atoms with Crippen LogP contribution in [0.25, 0.3) is 10.8 Å². The molecule has 0 saturated heterocycles. The van der Waals surface area contributed by atoms with Gasteiger partial charge in [-0.2, -0.15) is 0 Å². The fourth-order valence-electron chi connectivity index (χ4n) is 2.67. The van der Waals surface area contributed by atoms with Crippen molar-refractivity contribution in [3.05, 3.63) is 72.3 Å². The van der Waals surface area contributed by atoms with Crippen molar-refractivity contribution >= 4 is 28.1 Å². The minimum atomic E-state index is -0.000967. The van der Waals surface area contributed by atoms with Gasteiger partial charge in [0.2, 0.25) is 5.91 Å². The Bertz CT molecular complexity index is 817. The van der Waals surface area contributed by atoms with Crippen LogP contribution in [0.3, 0.4) is 0 Å². The Morgan fingerprint density at radius 1 is 0.913 bits per heavy atom. The van der Waals surface area contributed by atoms with Crippen LogP contribution < -0.4 is 10.2 Å². The zero-order valence-corrected chi connectivity index (χ0v) is 13.4. The Morgan fingerprint density at radius 2 is 1.61 bits per heavy atom. The summed E-state index contributed by atoms with van der Waals surface area (Å²) in [5.74, 6) is -0.000967. The summed E-state index contributed by atoms with van der Waals surface area (Å²) < 4.78 is 0. The van der Waals surface area contributed by atoms with E-state index in [4.69, 9.17) is 0 Å². The average Bonchev–Trinajstić information content (AvgIpc) is 2.55. The van der Waals surface area contributed by atoms with Crippen molar-refractivity contribution in [2.24, 2.45) is 0 Å². The first kappa shape index (κ1) is 15.1. The lowest BCUT2D eigenvalue weighted by Crippen LogP contribution is -2.15. The summed E-state index contributed by atoms with van der Waals surface area (Å²) in [6, 6.07) is 22.1. The van der Waals surface area contributed by atoms with Crippen LogP contribution in [-0.4, -0.2) is 20.0 Å². The number of carbonyl (C=O) groups excluding carboxylic acids is 1. The van der Waals surface area contributed by atoms with Crippen molar-refractivity contribution < 1.29 is 4.79 Å². The molecule has 0 aliphatic carbocycles. The molecule has 0 fully saturated rings. The summed E-state index contributed by atoms with van der Waals surface area (Å²) in [5.41, 5.74) is 2.98. The first-order chi connectivity index (χ1) is 11.1. The molecule has 0 aromatic heterocycles. The van der Waals surface area contributed by atoms with E-state index in [1.165, 1.54) is 0 Å². The van der Waals surface area contributed by atoms with Gasteiger partial charge in [0.15, 0.2) is 0 Å². The summed E-state index contributed by atoms with van der Waals surface area (Å²) in [6.45, 7) is 0. The highest BCUT2D eigenvalue weighted by atomic mass is 16.1. The predicted molar refractivity (Wildman–Crippen MR) is 97.1 cm³/mol. The van der Waals surface area contributed by atoms with Crippen LogP contribution >= 0.6 is 0 Å². The number of fused-ring (bicyclic) bond motifs is 1. The second-order valence-electron chi connectivity index (χ2n) is 5.80. The molecule has 0 spiro atoms. The van der Waals surface area contributed by atoms with Crippen LogP contribution in [0.5, 0.6) is 0 Å². The van der Waals surface area contributed by atoms with Crippen molar-refractivity contribution in [3.8, 4) is 0 Å². The van der Waals surface area contributed by atoms with Gasteiger partial charge in [-0.3, -0.25) is 4.79 Å². The van der Waals surface area contributed by atoms with E-state index in [1.54, 1.807) is 0 Å². The van der Waals surface area contributed by atoms with Crippen molar-refractivity contribution in [3.63, 3.8) is 0 Å². The number of nitrogens with one attached hydrogen (secondary N) is 1. The van der Waals surface area contributed by atoms with E-state index in [0.717, 1.165) is 27.7 Å². The molecule has 0 aliphatic rings. The third kappa shape index (κ3) is 3.51. The standard InChI is InChI=1S/C20H20N2O/c1-22(2)18-12-10-17(11-13-18)21-20(23)14-16-8-5-7-15-6-3-4-9-19(15)16/h3-13H,14H2,1-2H3,(H,21,23). The van der Waals surface area contributed by atoms with E-state index in [-0.39, 0.29) is 5.91 Å². The number of rotatable bonds is 4. The monoisotopic (exact) mass is 304 g/mol. The van der Waals surface area contributed by atoms with Gasteiger partial charge in [0.05, 0.1) is 6.42 Å². The number of amides is 1. The second-order valence-corrected chi connectivity index (χ2v) is 5.80. The van der Waals surface area contributed by atoms with Crippen LogP contribution in [0.4, 0.5) is 11.4 Å². The maximum Gasteiger partial charge on any atom is 0.228 e. The maximum absolute atomic E-state index is 12.3. The Morgan fingerprint density at radius 3 is 2.35 bits per heavy atom. The first-order valence-electron chi connectivity index (χ1n) is 7.67. The van der Waals surface area contributed by atoms with Gasteiger partial charge in [0, 0.05) is 25.5 Å². The van der Waals surface area contributed by atoms with Crippen LogP contribution in [0.2, 0.25) is 0 Å². The van der Waals surface area contributed by atoms with Gasteiger partial charge in [0.1, 0.15) is 0 Å². The highest BCUT2D eigenvalue weighted by Gasteiger charge is 2.07. The summed E-state index contributed by atoms with van der Waals surface area (Å²) in [5, 5.41) is 5.26. The molecule has 0 heterocycles. The normalized spacial score (nSPS) is 10.5. The SMILES string of the molecule is CN(C)c1ccc(NC(=O)Cc2cccc3ccccc23)cc1. The minimum absolute atomic E-state index is 0.000967. The molecule has 0 radical (unpaired) electrons. The summed E-state index contributed by atoms with van der Waals surface area (Å²) in [4.78, 5) is 14.4. The van der Waals surface area contributed by atoms with Gasteiger partial charge in [-0.15, -0.1) is 0 Å². The van der Waals surface area contributed by atoms with Gasteiger partial charge < -0.3 is 10.2 Å². The maximum atomic E-state index is 12.3. The number of carbonyl (C=O) groups is 1. The number of nitrogens with zero attached hydrogens (tertiary/aromatic N) is 1. The third-order valence-electron chi connectivity index (χ3n) is 3.90. The largest absolute Gasteiger partial charge is 0.378 e. The molecule has 1 amide bonds. The molecule has 0 unspecified atom stereocenters. The fraction of sp³-hybridized carbons (Fsp3) is 0.150. The molecule has 3 heteroatoms. The van der Waals surface area contributed by atoms with E-state index in [0.29, 0.717) is 6.42 Å². The highest BCUT2D eigenvalue weighted by molar-refractivity contribution is 5.96. The Labute approximate surface area is 136 Å². The molecule has 0 atom stereocenters. The van der Waals surface area contributed by atoms with E-state index in [1.807, 2.05) is 67.5 Å².